The molecule has 2 saturated heterocycles. The third kappa shape index (κ3) is 11.2. The zero-order valence-electron chi connectivity index (χ0n) is 33.6. The van der Waals surface area contributed by atoms with Crippen LogP contribution in [0.2, 0.25) is 0 Å². The molecule has 4 aromatic rings. The molecule has 6 rings (SSSR count). The van der Waals surface area contributed by atoms with Gasteiger partial charge in [0.1, 0.15) is 17.3 Å². The molecule has 4 aromatic carbocycles. The van der Waals surface area contributed by atoms with Crippen LogP contribution in [0, 0.1) is 18.2 Å². The van der Waals surface area contributed by atoms with Crippen molar-refractivity contribution < 1.29 is 46.1 Å². The maximum atomic E-state index is 13.9. The summed E-state index contributed by atoms with van der Waals surface area (Å²) in [5.41, 5.74) is 9.78. The van der Waals surface area contributed by atoms with E-state index in [1.807, 2.05) is 31.2 Å². The Morgan fingerprint density at radius 3 is 2.03 bits per heavy atom. The molecule has 0 aromatic heterocycles. The van der Waals surface area contributed by atoms with Crippen LogP contribution in [0.1, 0.15) is 53.2 Å². The van der Waals surface area contributed by atoms with E-state index in [1.165, 1.54) is 11.0 Å². The van der Waals surface area contributed by atoms with Crippen LogP contribution in [0.5, 0.6) is 11.5 Å². The third-order valence-electron chi connectivity index (χ3n) is 11.2. The average Bonchev–Trinajstić information content (AvgIpc) is 3.18. The molecule has 0 spiro atoms. The van der Waals surface area contributed by atoms with E-state index >= 15 is 0 Å². The number of aliphatic carboxylic acids is 1. The second kappa shape index (κ2) is 19.2. The first kappa shape index (κ1) is 44.2. The summed E-state index contributed by atoms with van der Waals surface area (Å²) >= 11 is 0. The number of aryl methyl sites for hydroxylation is 2. The van der Waals surface area contributed by atoms with Crippen molar-refractivity contribution in [3.63, 3.8) is 0 Å². The molecule has 14 heteroatoms. The molecule has 0 aliphatic carbocycles. The first-order chi connectivity index (χ1) is 27.5. The number of piperazine rings is 1. The molecule has 1 amide bonds. The second-order valence-electron chi connectivity index (χ2n) is 15.5. The minimum atomic E-state index is -4.21. The molecule has 3 N–H and O–H groups in total. The van der Waals surface area contributed by atoms with Gasteiger partial charge in [-0.25, -0.2) is 4.39 Å². The Kier molecular flexibility index (Phi) is 14.6. The maximum Gasteiger partial charge on any atom is 0.401 e. The van der Waals surface area contributed by atoms with Crippen LogP contribution in [0.3, 0.4) is 0 Å². The lowest BCUT2D eigenvalue weighted by atomic mass is 9.82. The molecule has 58 heavy (non-hydrogen) atoms. The van der Waals surface area contributed by atoms with Gasteiger partial charge in [-0.2, -0.15) is 13.2 Å². The Bertz CT molecular complexity index is 2010. The summed E-state index contributed by atoms with van der Waals surface area (Å²) < 4.78 is 76.0. The molecule has 2 aliphatic heterocycles. The van der Waals surface area contributed by atoms with Gasteiger partial charge in [0.15, 0.2) is 0 Å². The van der Waals surface area contributed by atoms with Gasteiger partial charge in [-0.15, -0.1) is 0 Å². The molecule has 0 bridgehead atoms. The van der Waals surface area contributed by atoms with Crippen molar-refractivity contribution in [3.05, 3.63) is 88.7 Å². The van der Waals surface area contributed by atoms with Crippen molar-refractivity contribution >= 4 is 28.3 Å². The second-order valence-corrected chi connectivity index (χ2v) is 15.5. The van der Waals surface area contributed by atoms with Crippen LogP contribution >= 0.6 is 0 Å². The van der Waals surface area contributed by atoms with Crippen LogP contribution in [0.25, 0.3) is 21.9 Å². The van der Waals surface area contributed by atoms with Crippen molar-refractivity contribution in [2.75, 3.05) is 78.2 Å². The van der Waals surface area contributed by atoms with Gasteiger partial charge in [-0.05, 0) is 108 Å². The van der Waals surface area contributed by atoms with Gasteiger partial charge < -0.3 is 30.1 Å². The molecule has 2 fully saturated rings. The van der Waals surface area contributed by atoms with Crippen LogP contribution in [0.4, 0.5) is 27.6 Å². The van der Waals surface area contributed by atoms with Crippen molar-refractivity contribution in [3.8, 4) is 22.6 Å². The minimum absolute atomic E-state index is 0.0920. The fourth-order valence-corrected chi connectivity index (χ4v) is 7.80. The van der Waals surface area contributed by atoms with E-state index in [2.05, 4.69) is 29.2 Å². The number of nitrogens with zero attached hydrogens (tertiary/aromatic N) is 3. The number of benzene rings is 4. The SMILES string of the molecule is COc1cc(CCN2CCC(C)(CF)CC2)cc(OC)c1-c1cccc2c(CCC(=O)O)cccc12.Cc1cc(N2CCN(CC(F)(F)F)CC2)cc(F)c1C(N)=O. The number of hydrogen-bond donors (Lipinski definition) is 2. The summed E-state index contributed by atoms with van der Waals surface area (Å²) in [5.74, 6) is -0.854. The van der Waals surface area contributed by atoms with E-state index in [1.54, 1.807) is 32.1 Å². The van der Waals surface area contributed by atoms with Gasteiger partial charge in [0, 0.05) is 44.8 Å². The lowest BCUT2D eigenvalue weighted by molar-refractivity contribution is -0.146. The Hall–Kier alpha value is -4.95. The number of primary amides is 1. The predicted molar refractivity (Wildman–Crippen MR) is 216 cm³/mol. The monoisotopic (exact) mass is 812 g/mol. The number of carbonyl (C=O) groups is 2. The van der Waals surface area contributed by atoms with Crippen LogP contribution in [-0.2, 0) is 17.6 Å². The summed E-state index contributed by atoms with van der Waals surface area (Å²) in [6.07, 6.45) is -1.00. The Morgan fingerprint density at radius 1 is 0.862 bits per heavy atom. The maximum absolute atomic E-state index is 13.9. The Morgan fingerprint density at radius 2 is 1.48 bits per heavy atom. The molecule has 314 valence electrons. The number of fused-ring (bicyclic) bond motifs is 1. The standard InChI is InChI=1S/C30H36FNO4.C14H17F4N3O/c1-30(20-31)13-16-32(17-14-30)15-12-21-18-26(35-2)29(27(19-21)36-3)25-9-5-7-23-22(10-11-28(33)34)6-4-8-24(23)25;1-9-6-10(7-11(15)12(9)13(19)22)21-4-2-20(3-5-21)8-14(16,17)18/h4-9,18-19H,10-17,20H2,1-3H3,(H,33,34);6-7H,2-5,8H2,1H3,(H2,19,22). The number of rotatable bonds is 13. The largest absolute Gasteiger partial charge is 0.496 e. The highest BCUT2D eigenvalue weighted by Gasteiger charge is 2.33. The first-order valence-electron chi connectivity index (χ1n) is 19.4. The van der Waals surface area contributed by atoms with Crippen LogP contribution in [0.15, 0.2) is 60.7 Å². The zero-order chi connectivity index (χ0) is 42.2. The highest BCUT2D eigenvalue weighted by Crippen LogP contribution is 2.43. The summed E-state index contributed by atoms with van der Waals surface area (Å²) in [4.78, 5) is 27.8. The molecular formula is C44H53F5N4O5. The van der Waals surface area contributed by atoms with E-state index < -0.39 is 30.4 Å². The number of carboxylic acid groups (broad SMARTS) is 1. The fraction of sp³-hybridized carbons (Fsp3) is 0.455. The molecule has 0 radical (unpaired) electrons. The zero-order valence-corrected chi connectivity index (χ0v) is 33.6. The van der Waals surface area contributed by atoms with Crippen molar-refractivity contribution in [1.82, 2.24) is 9.80 Å². The molecular weight excluding hydrogens is 759 g/mol. The number of halogens is 5. The van der Waals surface area contributed by atoms with Gasteiger partial charge >= 0.3 is 12.1 Å². The smallest absolute Gasteiger partial charge is 0.401 e. The molecule has 2 aliphatic rings. The van der Waals surface area contributed by atoms with E-state index in [0.29, 0.717) is 30.8 Å². The number of hydrogen-bond acceptors (Lipinski definition) is 7. The van der Waals surface area contributed by atoms with Crippen molar-refractivity contribution in [2.45, 2.75) is 52.1 Å². The average molecular weight is 813 g/mol. The van der Waals surface area contributed by atoms with Crippen LogP contribution in [-0.4, -0.2) is 106 Å². The lowest BCUT2D eigenvalue weighted by Gasteiger charge is -2.37. The number of likely N-dealkylation sites (tertiary alicyclic amines) is 1. The number of methoxy groups -OCH3 is 2. The predicted octanol–water partition coefficient (Wildman–Crippen LogP) is 8.07. The first-order valence-corrected chi connectivity index (χ1v) is 19.4. The Labute approximate surface area is 336 Å². The summed E-state index contributed by atoms with van der Waals surface area (Å²) in [5, 5.41) is 11.2. The molecule has 2 heterocycles. The van der Waals surface area contributed by atoms with Crippen molar-refractivity contribution in [1.29, 1.82) is 0 Å². The molecule has 0 atom stereocenters. The Balaban J connectivity index is 0.000000249. The number of nitrogens with two attached hydrogens (primary N) is 1. The van der Waals surface area contributed by atoms with Gasteiger partial charge in [-0.3, -0.25) is 18.9 Å². The quantitative estimate of drug-likeness (QED) is 0.131. The number of ether oxygens (including phenoxy) is 2. The van der Waals surface area contributed by atoms with E-state index in [0.717, 1.165) is 83.4 Å². The minimum Gasteiger partial charge on any atom is -0.496 e. The summed E-state index contributed by atoms with van der Waals surface area (Å²) in [7, 11) is 3.35. The molecule has 0 saturated carbocycles. The number of carboxylic acids is 1. The van der Waals surface area contributed by atoms with E-state index in [9.17, 15) is 31.5 Å². The normalized spacial score (nSPS) is 16.1. The van der Waals surface area contributed by atoms with E-state index in [-0.39, 0.29) is 37.2 Å². The number of carbonyl (C=O) groups excluding carboxylic acids is 1. The fourth-order valence-electron chi connectivity index (χ4n) is 7.80. The number of piperidine rings is 1. The third-order valence-corrected chi connectivity index (χ3v) is 11.2. The topological polar surface area (TPSA) is 109 Å². The van der Waals surface area contributed by atoms with E-state index in [4.69, 9.17) is 20.3 Å². The summed E-state index contributed by atoms with van der Waals surface area (Å²) in [6.45, 7) is 6.43. The molecule has 9 nitrogen and oxygen atoms in total. The van der Waals surface area contributed by atoms with Crippen molar-refractivity contribution in [2.24, 2.45) is 11.1 Å². The highest BCUT2D eigenvalue weighted by atomic mass is 19.4. The van der Waals surface area contributed by atoms with Gasteiger partial charge in [0.05, 0.1) is 38.6 Å². The highest BCUT2D eigenvalue weighted by molar-refractivity contribution is 6.01. The number of anilines is 1. The summed E-state index contributed by atoms with van der Waals surface area (Å²) in [6, 6.07) is 19.1. The molecule has 0 unspecified atom stereocenters. The van der Waals surface area contributed by atoms with Gasteiger partial charge in [-0.1, -0.05) is 43.3 Å². The van der Waals surface area contributed by atoms with Gasteiger partial charge in [0.25, 0.3) is 5.91 Å². The van der Waals surface area contributed by atoms with Crippen LogP contribution < -0.4 is 20.1 Å². The lowest BCUT2D eigenvalue weighted by Crippen LogP contribution is -2.49. The van der Waals surface area contributed by atoms with Gasteiger partial charge in [0.2, 0.25) is 0 Å². The number of alkyl halides is 4. The number of amides is 1.